The molecule has 3 heteroatoms. The van der Waals surface area contributed by atoms with E-state index in [1.807, 2.05) is 42.5 Å². The van der Waals surface area contributed by atoms with Crippen LogP contribution in [-0.2, 0) is 0 Å². The predicted octanol–water partition coefficient (Wildman–Crippen LogP) is 9.77. The van der Waals surface area contributed by atoms with Gasteiger partial charge in [0.15, 0.2) is 0 Å². The fourth-order valence-electron chi connectivity index (χ4n) is 5.10. The minimum Gasteiger partial charge on any atom is -0.397 e. The molecular formula is C37H31N3. The number of anilines is 3. The molecule has 0 spiro atoms. The highest BCUT2D eigenvalue weighted by Crippen LogP contribution is 2.34. The molecule has 3 N–H and O–H groups in total. The van der Waals surface area contributed by atoms with E-state index >= 15 is 0 Å². The number of para-hydroxylation sites is 4. The number of rotatable bonds is 4. The van der Waals surface area contributed by atoms with Crippen LogP contribution in [0.15, 0.2) is 152 Å². The second-order valence-corrected chi connectivity index (χ2v) is 9.87. The van der Waals surface area contributed by atoms with Gasteiger partial charge in [0, 0.05) is 22.1 Å². The molecule has 0 fully saturated rings. The molecule has 1 heterocycles. The number of nitrogens with zero attached hydrogens (tertiary/aromatic N) is 1. The summed E-state index contributed by atoms with van der Waals surface area (Å²) < 4.78 is 2.35. The van der Waals surface area contributed by atoms with Crippen molar-refractivity contribution in [2.75, 3.05) is 11.1 Å². The number of hydrogen-bond acceptors (Lipinski definition) is 2. The molecule has 0 radical (unpaired) electrons. The Morgan fingerprint density at radius 2 is 1.10 bits per heavy atom. The zero-order valence-electron chi connectivity index (χ0n) is 22.5. The van der Waals surface area contributed by atoms with E-state index < -0.39 is 0 Å². The van der Waals surface area contributed by atoms with Crippen molar-refractivity contribution in [1.29, 1.82) is 0 Å². The minimum atomic E-state index is 0.733. The van der Waals surface area contributed by atoms with Crippen LogP contribution >= 0.6 is 0 Å². The van der Waals surface area contributed by atoms with Crippen molar-refractivity contribution in [2.45, 2.75) is 6.92 Å². The van der Waals surface area contributed by atoms with Crippen LogP contribution in [0.25, 0.3) is 38.6 Å². The predicted molar refractivity (Wildman–Crippen MR) is 172 cm³/mol. The maximum absolute atomic E-state index is 6.12. The van der Waals surface area contributed by atoms with Gasteiger partial charge in [-0.2, -0.15) is 0 Å². The molecule has 0 amide bonds. The second kappa shape index (κ2) is 11.2. The molecule has 0 saturated carbocycles. The lowest BCUT2D eigenvalue weighted by molar-refractivity contribution is 1.18. The van der Waals surface area contributed by atoms with Crippen LogP contribution in [0.5, 0.6) is 0 Å². The van der Waals surface area contributed by atoms with Crippen molar-refractivity contribution in [2.24, 2.45) is 0 Å². The third-order valence-corrected chi connectivity index (χ3v) is 7.06. The van der Waals surface area contributed by atoms with Crippen molar-refractivity contribution in [3.05, 3.63) is 157 Å². The van der Waals surface area contributed by atoms with E-state index in [2.05, 4.69) is 126 Å². The first-order valence-corrected chi connectivity index (χ1v) is 13.5. The Kier molecular flexibility index (Phi) is 7.02. The molecule has 3 nitrogen and oxygen atoms in total. The van der Waals surface area contributed by atoms with Gasteiger partial charge in [0.25, 0.3) is 0 Å². The normalized spacial score (nSPS) is 10.7. The average molecular weight is 518 g/mol. The number of fused-ring (bicyclic) bond motifs is 3. The van der Waals surface area contributed by atoms with Crippen LogP contribution in [0.1, 0.15) is 5.56 Å². The van der Waals surface area contributed by atoms with Gasteiger partial charge in [0.2, 0.25) is 0 Å². The lowest BCUT2D eigenvalue weighted by atomic mass is 10.0. The zero-order chi connectivity index (χ0) is 27.3. The maximum Gasteiger partial charge on any atom is 0.0617 e. The summed E-state index contributed by atoms with van der Waals surface area (Å²) in [6.07, 6.45) is 0. The van der Waals surface area contributed by atoms with Gasteiger partial charge in [-0.1, -0.05) is 109 Å². The highest BCUT2D eigenvalue weighted by atomic mass is 15.0. The zero-order valence-corrected chi connectivity index (χ0v) is 22.5. The molecule has 0 aliphatic carbocycles. The molecule has 194 valence electrons. The highest BCUT2D eigenvalue weighted by Gasteiger charge is 2.12. The summed E-state index contributed by atoms with van der Waals surface area (Å²) in [5.74, 6) is 0. The lowest BCUT2D eigenvalue weighted by Gasteiger charge is -2.12. The Morgan fingerprint density at radius 3 is 1.75 bits per heavy atom. The van der Waals surface area contributed by atoms with E-state index in [4.69, 9.17) is 5.73 Å². The average Bonchev–Trinajstić information content (AvgIpc) is 3.34. The van der Waals surface area contributed by atoms with Gasteiger partial charge in [-0.05, 0) is 66.6 Å². The van der Waals surface area contributed by atoms with Gasteiger partial charge in [-0.25, -0.2) is 0 Å². The Balaban J connectivity index is 0.000000363. The highest BCUT2D eigenvalue weighted by molar-refractivity contribution is 6.09. The van der Waals surface area contributed by atoms with Crippen LogP contribution in [0.3, 0.4) is 0 Å². The van der Waals surface area contributed by atoms with Crippen LogP contribution in [0.4, 0.5) is 17.1 Å². The number of hydrogen-bond donors (Lipinski definition) is 2. The molecule has 0 aliphatic rings. The molecule has 7 aromatic rings. The van der Waals surface area contributed by atoms with Crippen molar-refractivity contribution in [3.8, 4) is 16.8 Å². The van der Waals surface area contributed by atoms with Crippen molar-refractivity contribution < 1.29 is 0 Å². The SMILES string of the molecule is Cc1ccccc1.Nc1ccccc1Nc1cccc(-c2cccc(-n3c4ccccc4c4ccccc43)c2)c1. The molecule has 7 rings (SSSR count). The second-order valence-electron chi connectivity index (χ2n) is 9.87. The van der Waals surface area contributed by atoms with Crippen LogP contribution in [0.2, 0.25) is 0 Å². The summed E-state index contributed by atoms with van der Waals surface area (Å²) in [7, 11) is 0. The monoisotopic (exact) mass is 517 g/mol. The first kappa shape index (κ1) is 25.0. The van der Waals surface area contributed by atoms with E-state index in [9.17, 15) is 0 Å². The van der Waals surface area contributed by atoms with Crippen molar-refractivity contribution >= 4 is 38.9 Å². The number of aryl methyl sites for hydroxylation is 1. The maximum atomic E-state index is 6.12. The van der Waals surface area contributed by atoms with Crippen LogP contribution in [0, 0.1) is 6.92 Å². The summed E-state index contributed by atoms with van der Waals surface area (Å²) in [5.41, 5.74) is 16.0. The Hall–Kier alpha value is -5.28. The summed E-state index contributed by atoms with van der Waals surface area (Å²) in [6.45, 7) is 2.08. The largest absolute Gasteiger partial charge is 0.397 e. The first-order chi connectivity index (χ1) is 19.7. The summed E-state index contributed by atoms with van der Waals surface area (Å²) in [4.78, 5) is 0. The summed E-state index contributed by atoms with van der Waals surface area (Å²) in [6, 6.07) is 52.4. The molecule has 0 saturated heterocycles. The fourth-order valence-corrected chi connectivity index (χ4v) is 5.10. The quantitative estimate of drug-likeness (QED) is 0.228. The fraction of sp³-hybridized carbons (Fsp3) is 0.0270. The lowest BCUT2D eigenvalue weighted by Crippen LogP contribution is -1.96. The molecular weight excluding hydrogens is 486 g/mol. The molecule has 0 bridgehead atoms. The standard InChI is InChI=1S/C30H23N3.C7H8/c31-27-15-3-4-16-28(27)32-23-11-7-9-21(19-23)22-10-8-12-24(20-22)33-29-17-5-1-13-25(29)26-14-2-6-18-30(26)33;1-7-5-3-2-4-6-7/h1-20,32H,31H2;2-6H,1H3. The number of aromatic nitrogens is 1. The van der Waals surface area contributed by atoms with Crippen molar-refractivity contribution in [1.82, 2.24) is 4.57 Å². The van der Waals surface area contributed by atoms with E-state index in [1.54, 1.807) is 0 Å². The van der Waals surface area contributed by atoms with E-state index in [-0.39, 0.29) is 0 Å². The van der Waals surface area contributed by atoms with Gasteiger partial charge in [-0.3, -0.25) is 0 Å². The van der Waals surface area contributed by atoms with Gasteiger partial charge < -0.3 is 15.6 Å². The topological polar surface area (TPSA) is 43.0 Å². The van der Waals surface area contributed by atoms with Gasteiger partial charge in [-0.15, -0.1) is 0 Å². The first-order valence-electron chi connectivity index (χ1n) is 13.5. The number of benzene rings is 6. The van der Waals surface area contributed by atoms with E-state index in [0.717, 1.165) is 28.3 Å². The molecule has 0 unspecified atom stereocenters. The molecule has 1 aromatic heterocycles. The van der Waals surface area contributed by atoms with E-state index in [0.29, 0.717) is 0 Å². The number of nitrogens with one attached hydrogen (secondary N) is 1. The third kappa shape index (κ3) is 5.18. The Bertz CT molecular complexity index is 1850. The Morgan fingerprint density at radius 1 is 0.525 bits per heavy atom. The molecule has 40 heavy (non-hydrogen) atoms. The minimum absolute atomic E-state index is 0.733. The van der Waals surface area contributed by atoms with Crippen molar-refractivity contribution in [3.63, 3.8) is 0 Å². The van der Waals surface area contributed by atoms with Crippen LogP contribution in [-0.4, -0.2) is 4.57 Å². The smallest absolute Gasteiger partial charge is 0.0617 e. The Labute approximate surface area is 235 Å². The molecule has 6 aromatic carbocycles. The third-order valence-electron chi connectivity index (χ3n) is 7.06. The van der Waals surface area contributed by atoms with Crippen LogP contribution < -0.4 is 11.1 Å². The number of nitrogens with two attached hydrogens (primary N) is 1. The molecule has 0 aliphatic heterocycles. The summed E-state index contributed by atoms with van der Waals surface area (Å²) >= 11 is 0. The number of nitrogen functional groups attached to an aromatic ring is 1. The van der Waals surface area contributed by atoms with Gasteiger partial charge in [0.05, 0.1) is 22.4 Å². The molecule has 0 atom stereocenters. The summed E-state index contributed by atoms with van der Waals surface area (Å²) in [5, 5.41) is 5.98. The van der Waals surface area contributed by atoms with Gasteiger partial charge >= 0.3 is 0 Å². The van der Waals surface area contributed by atoms with E-state index in [1.165, 1.54) is 32.9 Å². The van der Waals surface area contributed by atoms with Gasteiger partial charge in [0.1, 0.15) is 0 Å².